The van der Waals surface area contributed by atoms with E-state index < -0.39 is 0 Å². The van der Waals surface area contributed by atoms with Gasteiger partial charge in [0.2, 0.25) is 0 Å². The molecule has 3 heteroatoms. The Kier molecular flexibility index (Phi) is 15.4. The van der Waals surface area contributed by atoms with Gasteiger partial charge < -0.3 is 5.73 Å². The van der Waals surface area contributed by atoms with E-state index in [9.17, 15) is 0 Å². The summed E-state index contributed by atoms with van der Waals surface area (Å²) in [6.45, 7) is 14.3. The molecule has 29 heavy (non-hydrogen) atoms. The molecule has 0 aromatic heterocycles. The van der Waals surface area contributed by atoms with Gasteiger partial charge in [0.25, 0.3) is 0 Å². The molecule has 0 amide bonds. The summed E-state index contributed by atoms with van der Waals surface area (Å²) in [7, 11) is 0. The van der Waals surface area contributed by atoms with Gasteiger partial charge in [0, 0.05) is 12.4 Å². The highest BCUT2D eigenvalue weighted by Crippen LogP contribution is 2.38. The third kappa shape index (κ3) is 12.7. The first-order valence-corrected chi connectivity index (χ1v) is 10.6. The maximum atomic E-state index is 4.85. The average Bonchev–Trinajstić information content (AvgIpc) is 2.73. The number of hydrogen-bond donors (Lipinski definition) is 1. The van der Waals surface area contributed by atoms with Crippen LogP contribution in [0.4, 0.5) is 0 Å². The van der Waals surface area contributed by atoms with E-state index in [-0.39, 0.29) is 0 Å². The summed E-state index contributed by atoms with van der Waals surface area (Å²) in [6, 6.07) is 11.0. The largest absolute Gasteiger partial charge is 0.331 e. The molecular formula is C26H41N3. The molecule has 0 saturated heterocycles. The molecule has 0 unspecified atom stereocenters. The third-order valence-corrected chi connectivity index (χ3v) is 4.88. The van der Waals surface area contributed by atoms with Gasteiger partial charge in [0.15, 0.2) is 0 Å². The second-order valence-electron chi connectivity index (χ2n) is 7.52. The summed E-state index contributed by atoms with van der Waals surface area (Å²) in [5.41, 5.74) is 8.92. The van der Waals surface area contributed by atoms with Crippen LogP contribution in [0, 0.1) is 0 Å². The van der Waals surface area contributed by atoms with Crippen molar-refractivity contribution < 1.29 is 0 Å². The van der Waals surface area contributed by atoms with Gasteiger partial charge in [0.1, 0.15) is 0 Å². The van der Waals surface area contributed by atoms with Crippen LogP contribution in [0.3, 0.4) is 0 Å². The summed E-state index contributed by atoms with van der Waals surface area (Å²) in [5, 5.41) is 0. The molecule has 1 fully saturated rings. The van der Waals surface area contributed by atoms with Crippen molar-refractivity contribution in [1.29, 1.82) is 0 Å². The third-order valence-electron chi connectivity index (χ3n) is 4.88. The molecule has 1 aromatic rings. The van der Waals surface area contributed by atoms with E-state index in [0.29, 0.717) is 5.41 Å². The van der Waals surface area contributed by atoms with Crippen LogP contribution in [0.2, 0.25) is 0 Å². The fourth-order valence-corrected chi connectivity index (χ4v) is 3.08. The average molecular weight is 396 g/mol. The Hall–Kier alpha value is -2.26. The van der Waals surface area contributed by atoms with Crippen molar-refractivity contribution in [1.82, 2.24) is 0 Å². The van der Waals surface area contributed by atoms with Gasteiger partial charge in [-0.25, -0.2) is 0 Å². The molecule has 0 spiro atoms. The quantitative estimate of drug-likeness (QED) is 0.423. The van der Waals surface area contributed by atoms with Crippen LogP contribution in [0.15, 0.2) is 76.0 Å². The lowest BCUT2D eigenvalue weighted by molar-refractivity contribution is 0.319. The normalized spacial score (nSPS) is 16.6. The zero-order valence-corrected chi connectivity index (χ0v) is 19.2. The summed E-state index contributed by atoms with van der Waals surface area (Å²) in [5.74, 6) is 0. The van der Waals surface area contributed by atoms with Gasteiger partial charge in [0.05, 0.1) is 5.70 Å². The fraction of sp³-hybridized carbons (Fsp3) is 0.462. The highest BCUT2D eigenvalue weighted by atomic mass is 14.8. The second-order valence-corrected chi connectivity index (χ2v) is 7.52. The van der Waals surface area contributed by atoms with E-state index >= 15 is 0 Å². The van der Waals surface area contributed by atoms with E-state index in [1.165, 1.54) is 43.2 Å². The number of hydrogen-bond acceptors (Lipinski definition) is 3. The minimum absolute atomic E-state index is 0.472. The van der Waals surface area contributed by atoms with Gasteiger partial charge in [-0.05, 0) is 63.9 Å². The summed E-state index contributed by atoms with van der Waals surface area (Å²) in [6.07, 6.45) is 16.3. The van der Waals surface area contributed by atoms with Gasteiger partial charge in [-0.15, -0.1) is 0 Å². The topological polar surface area (TPSA) is 50.7 Å². The predicted octanol–water partition coefficient (Wildman–Crippen LogP) is 7.01. The number of nitrogens with zero attached hydrogens (tertiary/aromatic N) is 2. The number of nitrogens with two attached hydrogens (primary N) is 1. The van der Waals surface area contributed by atoms with Crippen molar-refractivity contribution in [2.45, 2.75) is 72.1 Å². The molecule has 160 valence electrons. The van der Waals surface area contributed by atoms with Crippen LogP contribution in [0.1, 0.15) is 72.3 Å². The van der Waals surface area contributed by atoms with Crippen LogP contribution >= 0.6 is 0 Å². The van der Waals surface area contributed by atoms with Crippen molar-refractivity contribution >= 4 is 12.9 Å². The first kappa shape index (κ1) is 26.7. The first-order valence-electron chi connectivity index (χ1n) is 10.6. The Balaban J connectivity index is 0.000000477. The molecule has 0 atom stereocenters. The molecule has 1 aromatic carbocycles. The SMILES string of the molecule is C=N/C=C(C)/N=C\C=C/C(C)=C/C.CC1(c2ccccc2)CCCCC1.CCN. The zero-order chi connectivity index (χ0) is 22.0. The number of rotatable bonds is 5. The minimum atomic E-state index is 0.472. The Labute approximate surface area is 179 Å². The van der Waals surface area contributed by atoms with Crippen LogP contribution in [-0.4, -0.2) is 19.5 Å². The molecule has 0 radical (unpaired) electrons. The monoisotopic (exact) mass is 395 g/mol. The van der Waals surface area contributed by atoms with Crippen LogP contribution in [-0.2, 0) is 5.41 Å². The molecule has 1 aliphatic carbocycles. The number of allylic oxidation sites excluding steroid dienone is 5. The molecular weight excluding hydrogens is 354 g/mol. The molecule has 0 heterocycles. The van der Waals surface area contributed by atoms with Crippen molar-refractivity contribution in [2.75, 3.05) is 6.54 Å². The molecule has 1 aliphatic rings. The summed E-state index contributed by atoms with van der Waals surface area (Å²) in [4.78, 5) is 7.71. The van der Waals surface area contributed by atoms with Gasteiger partial charge >= 0.3 is 0 Å². The lowest BCUT2D eigenvalue weighted by atomic mass is 9.71. The minimum Gasteiger partial charge on any atom is -0.331 e. The van der Waals surface area contributed by atoms with Gasteiger partial charge in [-0.1, -0.05) is 81.2 Å². The Morgan fingerprint density at radius 3 is 2.24 bits per heavy atom. The Bertz CT molecular complexity index is 660. The zero-order valence-electron chi connectivity index (χ0n) is 19.2. The Morgan fingerprint density at radius 1 is 1.14 bits per heavy atom. The lowest BCUT2D eigenvalue weighted by Gasteiger charge is -2.34. The van der Waals surface area contributed by atoms with E-state index in [2.05, 4.69) is 54.0 Å². The van der Waals surface area contributed by atoms with Gasteiger partial charge in [-0.3, -0.25) is 9.98 Å². The summed E-state index contributed by atoms with van der Waals surface area (Å²) >= 11 is 0. The predicted molar refractivity (Wildman–Crippen MR) is 132 cm³/mol. The maximum absolute atomic E-state index is 4.85. The van der Waals surface area contributed by atoms with Crippen LogP contribution in [0.25, 0.3) is 0 Å². The Morgan fingerprint density at radius 2 is 1.72 bits per heavy atom. The molecule has 3 nitrogen and oxygen atoms in total. The first-order chi connectivity index (χ1) is 13.9. The van der Waals surface area contributed by atoms with E-state index in [0.717, 1.165) is 12.2 Å². The molecule has 0 bridgehead atoms. The van der Waals surface area contributed by atoms with Crippen molar-refractivity contribution in [3.63, 3.8) is 0 Å². The van der Waals surface area contributed by atoms with Crippen molar-refractivity contribution in [2.24, 2.45) is 15.7 Å². The molecule has 0 aliphatic heterocycles. The van der Waals surface area contributed by atoms with Crippen molar-refractivity contribution in [3.05, 3.63) is 71.6 Å². The lowest BCUT2D eigenvalue weighted by Crippen LogP contribution is -2.24. The number of aliphatic imine (C=N–C) groups is 2. The maximum Gasteiger partial charge on any atom is 0.0554 e. The van der Waals surface area contributed by atoms with E-state index in [4.69, 9.17) is 5.73 Å². The van der Waals surface area contributed by atoms with E-state index in [1.54, 1.807) is 12.4 Å². The summed E-state index contributed by atoms with van der Waals surface area (Å²) < 4.78 is 0. The van der Waals surface area contributed by atoms with E-state index in [1.807, 2.05) is 45.9 Å². The molecule has 2 N–H and O–H groups in total. The highest BCUT2D eigenvalue weighted by Gasteiger charge is 2.27. The highest BCUT2D eigenvalue weighted by molar-refractivity contribution is 5.72. The smallest absolute Gasteiger partial charge is 0.0554 e. The number of benzene rings is 1. The van der Waals surface area contributed by atoms with Gasteiger partial charge in [-0.2, -0.15) is 0 Å². The standard InChI is InChI=1S/C13H18.C11H16N2.C2H7N/c1-13(10-6-3-7-11-13)12-8-4-2-5-9-12;1-5-10(2)7-6-8-13-11(3)9-12-4;1-2-3/h2,4-5,8-9H,3,6-7,10-11H2,1H3;5-9H,4H2,1-3H3;2-3H2,1H3/b;7-6-,10-5+,11-9+,13-8-;. The molecule has 1 saturated carbocycles. The second kappa shape index (κ2) is 16.7. The van der Waals surface area contributed by atoms with Crippen LogP contribution in [0.5, 0.6) is 0 Å². The van der Waals surface area contributed by atoms with Crippen LogP contribution < -0.4 is 5.73 Å². The molecule has 2 rings (SSSR count). The van der Waals surface area contributed by atoms with Crippen molar-refractivity contribution in [3.8, 4) is 0 Å². The fourth-order valence-electron chi connectivity index (χ4n) is 3.08.